The van der Waals surface area contributed by atoms with E-state index < -0.39 is 0 Å². The van der Waals surface area contributed by atoms with Crippen LogP contribution >= 0.6 is 11.6 Å². The molecule has 0 aromatic heterocycles. The second kappa shape index (κ2) is 5.47. The summed E-state index contributed by atoms with van der Waals surface area (Å²) in [6.45, 7) is 3.55. The van der Waals surface area contributed by atoms with Gasteiger partial charge < -0.3 is 4.84 Å². The first-order chi connectivity index (χ1) is 9.22. The molecule has 0 N–H and O–H groups in total. The summed E-state index contributed by atoms with van der Waals surface area (Å²) in [4.78, 5) is 7.78. The van der Waals surface area contributed by atoms with Gasteiger partial charge in [0.2, 0.25) is 0 Å². The van der Waals surface area contributed by atoms with Gasteiger partial charge in [0.05, 0.1) is 10.7 Å². The molecule has 0 spiro atoms. The zero-order valence-corrected chi connectivity index (χ0v) is 11.4. The SMILES string of the molecule is Fc1ccc(CO/N=C2/CN3CCC2CC3)c(Cl)c1. The summed E-state index contributed by atoms with van der Waals surface area (Å²) in [7, 11) is 0. The molecule has 102 valence electrons. The zero-order valence-electron chi connectivity index (χ0n) is 10.6. The molecule has 0 amide bonds. The number of hydrogen-bond acceptors (Lipinski definition) is 3. The number of piperidine rings is 3. The van der Waals surface area contributed by atoms with Gasteiger partial charge in [-0.1, -0.05) is 22.8 Å². The van der Waals surface area contributed by atoms with Crippen molar-refractivity contribution in [1.82, 2.24) is 4.90 Å². The third-order valence-electron chi connectivity index (χ3n) is 3.86. The molecule has 19 heavy (non-hydrogen) atoms. The van der Waals surface area contributed by atoms with Crippen LogP contribution in [0, 0.1) is 11.7 Å². The Morgan fingerprint density at radius 2 is 2.16 bits per heavy atom. The van der Waals surface area contributed by atoms with Gasteiger partial charge in [0.25, 0.3) is 0 Å². The second-order valence-electron chi connectivity index (χ2n) is 5.14. The molecule has 0 saturated carbocycles. The van der Waals surface area contributed by atoms with Crippen molar-refractivity contribution >= 4 is 17.3 Å². The third kappa shape index (κ3) is 2.90. The van der Waals surface area contributed by atoms with Crippen LogP contribution in [0.1, 0.15) is 18.4 Å². The summed E-state index contributed by atoms with van der Waals surface area (Å²) in [5.41, 5.74) is 1.89. The molecule has 3 fully saturated rings. The highest BCUT2D eigenvalue weighted by Gasteiger charge is 2.31. The van der Waals surface area contributed by atoms with E-state index in [1.165, 1.54) is 38.1 Å². The summed E-state index contributed by atoms with van der Waals surface area (Å²) in [6, 6.07) is 4.31. The first-order valence-corrected chi connectivity index (χ1v) is 6.95. The fourth-order valence-corrected chi connectivity index (χ4v) is 2.93. The van der Waals surface area contributed by atoms with E-state index in [0.717, 1.165) is 17.8 Å². The molecule has 3 aliphatic rings. The van der Waals surface area contributed by atoms with Crippen molar-refractivity contribution in [2.75, 3.05) is 19.6 Å². The van der Waals surface area contributed by atoms with Crippen molar-refractivity contribution in [3.63, 3.8) is 0 Å². The van der Waals surface area contributed by atoms with E-state index in [-0.39, 0.29) is 12.4 Å². The second-order valence-corrected chi connectivity index (χ2v) is 5.55. The van der Waals surface area contributed by atoms with E-state index in [1.807, 2.05) is 0 Å². The van der Waals surface area contributed by atoms with E-state index >= 15 is 0 Å². The van der Waals surface area contributed by atoms with Crippen LogP contribution in [0.3, 0.4) is 0 Å². The standard InChI is InChI=1S/C14H16ClFN2O/c15-13-7-12(16)2-1-11(13)9-19-17-14-8-18-5-3-10(14)4-6-18/h1-2,7,10H,3-6,8-9H2/b17-14-. The Hall–Kier alpha value is -1.13. The number of rotatable bonds is 3. The lowest BCUT2D eigenvalue weighted by Crippen LogP contribution is -2.47. The summed E-state index contributed by atoms with van der Waals surface area (Å²) in [5.74, 6) is 0.242. The molecule has 5 heteroatoms. The molecular formula is C14H16ClFN2O. The van der Waals surface area contributed by atoms with Crippen LogP contribution in [0.4, 0.5) is 4.39 Å². The predicted molar refractivity (Wildman–Crippen MR) is 72.8 cm³/mol. The average Bonchev–Trinajstić information content (AvgIpc) is 2.43. The molecule has 0 unspecified atom stereocenters. The van der Waals surface area contributed by atoms with Gasteiger partial charge in [-0.3, -0.25) is 4.90 Å². The van der Waals surface area contributed by atoms with E-state index in [2.05, 4.69) is 10.1 Å². The van der Waals surface area contributed by atoms with Crippen molar-refractivity contribution in [3.05, 3.63) is 34.6 Å². The summed E-state index contributed by atoms with van der Waals surface area (Å²) >= 11 is 5.94. The van der Waals surface area contributed by atoms with Gasteiger partial charge >= 0.3 is 0 Å². The van der Waals surface area contributed by atoms with E-state index in [1.54, 1.807) is 6.07 Å². The van der Waals surface area contributed by atoms with Gasteiger partial charge in [0, 0.05) is 18.0 Å². The largest absolute Gasteiger partial charge is 0.391 e. The number of nitrogens with zero attached hydrogens (tertiary/aromatic N) is 2. The highest BCUT2D eigenvalue weighted by Crippen LogP contribution is 2.25. The molecule has 0 atom stereocenters. The Balaban J connectivity index is 1.60. The van der Waals surface area contributed by atoms with Crippen molar-refractivity contribution in [2.45, 2.75) is 19.4 Å². The van der Waals surface area contributed by atoms with Crippen LogP contribution in [-0.4, -0.2) is 30.2 Å². The summed E-state index contributed by atoms with van der Waals surface area (Å²) < 4.78 is 12.9. The first-order valence-electron chi connectivity index (χ1n) is 6.57. The minimum absolute atomic E-state index is 0.287. The van der Waals surface area contributed by atoms with Crippen molar-refractivity contribution < 1.29 is 9.23 Å². The Kier molecular flexibility index (Phi) is 3.71. The number of fused-ring (bicyclic) bond motifs is 3. The van der Waals surface area contributed by atoms with Crippen molar-refractivity contribution in [3.8, 4) is 0 Å². The molecule has 3 heterocycles. The maximum Gasteiger partial charge on any atom is 0.143 e. The van der Waals surface area contributed by atoms with Crippen molar-refractivity contribution in [2.24, 2.45) is 11.1 Å². The Bertz CT molecular complexity index is 498. The molecule has 4 rings (SSSR count). The van der Waals surface area contributed by atoms with Crippen LogP contribution in [0.5, 0.6) is 0 Å². The normalized spacial score (nSPS) is 27.8. The van der Waals surface area contributed by atoms with Crippen LogP contribution in [0.25, 0.3) is 0 Å². The molecular weight excluding hydrogens is 267 g/mol. The molecule has 1 aromatic rings. The summed E-state index contributed by atoms with van der Waals surface area (Å²) in [5, 5.41) is 4.63. The number of halogens is 2. The smallest absolute Gasteiger partial charge is 0.143 e. The number of hydrogen-bond donors (Lipinski definition) is 0. The fraction of sp³-hybridized carbons (Fsp3) is 0.500. The van der Waals surface area contributed by atoms with Crippen LogP contribution < -0.4 is 0 Å². The van der Waals surface area contributed by atoms with Crippen LogP contribution in [-0.2, 0) is 11.4 Å². The van der Waals surface area contributed by atoms with Gasteiger partial charge in [0.1, 0.15) is 12.4 Å². The van der Waals surface area contributed by atoms with Crippen LogP contribution in [0.15, 0.2) is 23.4 Å². The highest BCUT2D eigenvalue weighted by molar-refractivity contribution is 6.31. The van der Waals surface area contributed by atoms with E-state index in [9.17, 15) is 4.39 Å². The number of benzene rings is 1. The molecule has 3 nitrogen and oxygen atoms in total. The minimum Gasteiger partial charge on any atom is -0.391 e. The molecule has 2 bridgehead atoms. The van der Waals surface area contributed by atoms with Crippen LogP contribution in [0.2, 0.25) is 5.02 Å². The van der Waals surface area contributed by atoms with Gasteiger partial charge in [0.15, 0.2) is 0 Å². The molecule has 1 aromatic carbocycles. The quantitative estimate of drug-likeness (QED) is 0.796. The minimum atomic E-state index is -0.336. The Morgan fingerprint density at radius 1 is 1.37 bits per heavy atom. The first kappa shape index (κ1) is 12.9. The zero-order chi connectivity index (χ0) is 13.2. The Labute approximate surface area is 117 Å². The van der Waals surface area contributed by atoms with E-state index in [0.29, 0.717) is 10.9 Å². The average molecular weight is 283 g/mol. The lowest BCUT2D eigenvalue weighted by molar-refractivity contribution is 0.118. The maximum atomic E-state index is 12.9. The van der Waals surface area contributed by atoms with Crippen molar-refractivity contribution in [1.29, 1.82) is 0 Å². The molecule has 3 saturated heterocycles. The monoisotopic (exact) mass is 282 g/mol. The molecule has 3 aliphatic heterocycles. The Morgan fingerprint density at radius 3 is 2.79 bits per heavy atom. The third-order valence-corrected chi connectivity index (χ3v) is 4.21. The van der Waals surface area contributed by atoms with Gasteiger partial charge in [-0.2, -0.15) is 0 Å². The lowest BCUT2D eigenvalue weighted by atomic mass is 9.87. The van der Waals surface area contributed by atoms with Gasteiger partial charge in [-0.15, -0.1) is 0 Å². The maximum absolute atomic E-state index is 12.9. The topological polar surface area (TPSA) is 24.8 Å². The predicted octanol–water partition coefficient (Wildman–Crippen LogP) is 3.08. The molecule has 0 aliphatic carbocycles. The highest BCUT2D eigenvalue weighted by atomic mass is 35.5. The van der Waals surface area contributed by atoms with E-state index in [4.69, 9.17) is 16.4 Å². The molecule has 0 radical (unpaired) electrons. The van der Waals surface area contributed by atoms with Gasteiger partial charge in [-0.25, -0.2) is 4.39 Å². The fourth-order valence-electron chi connectivity index (χ4n) is 2.71. The van der Waals surface area contributed by atoms with Gasteiger partial charge in [-0.05, 0) is 38.1 Å². The lowest BCUT2D eigenvalue weighted by Gasteiger charge is -2.39. The summed E-state index contributed by atoms with van der Waals surface area (Å²) in [6.07, 6.45) is 2.36. The number of oxime groups is 1.